The van der Waals surface area contributed by atoms with Gasteiger partial charge in [0.2, 0.25) is 5.16 Å². The molecule has 0 aliphatic carbocycles. The lowest BCUT2D eigenvalue weighted by molar-refractivity contribution is 0.731. The van der Waals surface area contributed by atoms with Crippen LogP contribution >= 0.6 is 35.8 Å². The molecule has 0 spiro atoms. The van der Waals surface area contributed by atoms with Gasteiger partial charge < -0.3 is 5.32 Å². The van der Waals surface area contributed by atoms with Crippen molar-refractivity contribution >= 4 is 41.8 Å². The quantitative estimate of drug-likeness (QED) is 0.406. The number of nitrogens with zero attached hydrogens (tertiary/aromatic N) is 4. The lowest BCUT2D eigenvalue weighted by atomic mass is 10.2. The SMILES string of the molecule is Cl.Clc1ccc(C=CCNCCCSc2nnnn2-c2ccccc2)cc1. The highest BCUT2D eigenvalue weighted by Gasteiger charge is 2.07. The predicted octanol–water partition coefficient (Wildman–Crippen LogP) is 4.52. The molecule has 0 aliphatic heterocycles. The minimum absolute atomic E-state index is 0. The maximum absolute atomic E-state index is 5.87. The van der Waals surface area contributed by atoms with Crippen LogP contribution in [0.5, 0.6) is 0 Å². The van der Waals surface area contributed by atoms with Crippen LogP contribution in [0.3, 0.4) is 0 Å². The van der Waals surface area contributed by atoms with Crippen molar-refractivity contribution in [3.05, 3.63) is 71.3 Å². The second-order valence-corrected chi connectivity index (χ2v) is 7.07. The fraction of sp³-hybridized carbons (Fsp3) is 0.211. The van der Waals surface area contributed by atoms with Gasteiger partial charge in [-0.2, -0.15) is 4.68 Å². The molecule has 0 atom stereocenters. The molecule has 0 unspecified atom stereocenters. The van der Waals surface area contributed by atoms with Crippen LogP contribution in [0.15, 0.2) is 65.8 Å². The van der Waals surface area contributed by atoms with E-state index in [1.54, 1.807) is 16.4 Å². The van der Waals surface area contributed by atoms with Crippen LogP contribution in [0.25, 0.3) is 11.8 Å². The van der Waals surface area contributed by atoms with E-state index in [1.165, 1.54) is 0 Å². The van der Waals surface area contributed by atoms with E-state index in [4.69, 9.17) is 11.6 Å². The van der Waals surface area contributed by atoms with E-state index < -0.39 is 0 Å². The molecule has 0 radical (unpaired) electrons. The van der Waals surface area contributed by atoms with Gasteiger partial charge in [0.25, 0.3) is 0 Å². The van der Waals surface area contributed by atoms with Gasteiger partial charge in [-0.15, -0.1) is 17.5 Å². The van der Waals surface area contributed by atoms with Crippen molar-refractivity contribution in [1.29, 1.82) is 0 Å². The number of nitrogens with one attached hydrogen (secondary N) is 1. The van der Waals surface area contributed by atoms with Crippen LogP contribution in [0, 0.1) is 0 Å². The molecule has 27 heavy (non-hydrogen) atoms. The monoisotopic (exact) mass is 421 g/mol. The Labute approximate surface area is 174 Å². The van der Waals surface area contributed by atoms with Crippen LogP contribution in [-0.4, -0.2) is 39.0 Å². The maximum Gasteiger partial charge on any atom is 0.214 e. The summed E-state index contributed by atoms with van der Waals surface area (Å²) in [6.07, 6.45) is 5.25. The van der Waals surface area contributed by atoms with Crippen molar-refractivity contribution in [2.75, 3.05) is 18.8 Å². The molecule has 2 aromatic carbocycles. The van der Waals surface area contributed by atoms with Crippen LogP contribution in [0.1, 0.15) is 12.0 Å². The van der Waals surface area contributed by atoms with Gasteiger partial charge in [0.1, 0.15) is 0 Å². The number of hydrogen-bond donors (Lipinski definition) is 1. The van der Waals surface area contributed by atoms with Gasteiger partial charge >= 0.3 is 0 Å². The minimum atomic E-state index is 0. The molecule has 8 heteroatoms. The summed E-state index contributed by atoms with van der Waals surface area (Å²) < 4.78 is 1.77. The molecule has 0 saturated heterocycles. The third kappa shape index (κ3) is 6.99. The number of aromatic nitrogens is 4. The Morgan fingerprint density at radius 1 is 1.07 bits per heavy atom. The van der Waals surface area contributed by atoms with Gasteiger partial charge in [-0.25, -0.2) is 0 Å². The fourth-order valence-corrected chi connectivity index (χ4v) is 3.27. The highest BCUT2D eigenvalue weighted by molar-refractivity contribution is 7.99. The number of hydrogen-bond acceptors (Lipinski definition) is 5. The molecular weight excluding hydrogens is 401 g/mol. The zero-order chi connectivity index (χ0) is 18.0. The van der Waals surface area contributed by atoms with Crippen molar-refractivity contribution in [1.82, 2.24) is 25.5 Å². The molecule has 5 nitrogen and oxygen atoms in total. The van der Waals surface area contributed by atoms with Crippen LogP contribution in [-0.2, 0) is 0 Å². The van der Waals surface area contributed by atoms with Crippen molar-refractivity contribution in [3.8, 4) is 5.69 Å². The number of halogens is 2. The molecule has 0 amide bonds. The van der Waals surface area contributed by atoms with E-state index in [2.05, 4.69) is 33.0 Å². The zero-order valence-corrected chi connectivity index (χ0v) is 17.1. The van der Waals surface area contributed by atoms with E-state index in [9.17, 15) is 0 Å². The molecule has 3 aromatic rings. The van der Waals surface area contributed by atoms with Gasteiger partial charge in [-0.05, 0) is 53.2 Å². The summed E-state index contributed by atoms with van der Waals surface area (Å²) in [4.78, 5) is 0. The minimum Gasteiger partial charge on any atom is -0.313 e. The first-order valence-corrected chi connectivity index (χ1v) is 9.79. The normalized spacial score (nSPS) is 10.9. The van der Waals surface area contributed by atoms with Gasteiger partial charge in [0, 0.05) is 17.3 Å². The number of tetrazole rings is 1. The van der Waals surface area contributed by atoms with Crippen molar-refractivity contribution < 1.29 is 0 Å². The Hall–Kier alpha value is -1.86. The summed E-state index contributed by atoms with van der Waals surface area (Å²) in [6.45, 7) is 1.79. The third-order valence-corrected chi connectivity index (χ3v) is 4.87. The predicted molar refractivity (Wildman–Crippen MR) is 115 cm³/mol. The first-order valence-electron chi connectivity index (χ1n) is 8.42. The summed E-state index contributed by atoms with van der Waals surface area (Å²) >= 11 is 7.54. The van der Waals surface area contributed by atoms with Gasteiger partial charge in [-0.1, -0.05) is 65.8 Å². The molecule has 0 aliphatic rings. The van der Waals surface area contributed by atoms with E-state index in [0.29, 0.717) is 0 Å². The largest absolute Gasteiger partial charge is 0.313 e. The molecule has 0 saturated carbocycles. The lowest BCUT2D eigenvalue weighted by Gasteiger charge is -2.04. The van der Waals surface area contributed by atoms with Crippen LogP contribution < -0.4 is 5.32 Å². The summed E-state index contributed by atoms with van der Waals surface area (Å²) in [5.41, 5.74) is 2.13. The number of rotatable bonds is 9. The van der Waals surface area contributed by atoms with Crippen LogP contribution in [0.2, 0.25) is 5.02 Å². The average molecular weight is 422 g/mol. The summed E-state index contributed by atoms with van der Waals surface area (Å²) in [5.74, 6) is 0.959. The van der Waals surface area contributed by atoms with Crippen molar-refractivity contribution in [3.63, 3.8) is 0 Å². The van der Waals surface area contributed by atoms with E-state index >= 15 is 0 Å². The Morgan fingerprint density at radius 2 is 1.85 bits per heavy atom. The standard InChI is InChI=1S/C19H20ClN5S.ClH/c20-17-11-9-16(10-12-17)6-4-13-21-14-5-15-26-19-22-23-24-25(19)18-7-2-1-3-8-18;/h1-4,6-12,21H,5,13-15H2;1H. The first kappa shape index (κ1) is 21.4. The maximum atomic E-state index is 5.87. The fourth-order valence-electron chi connectivity index (χ4n) is 2.32. The van der Waals surface area contributed by atoms with E-state index in [1.807, 2.05) is 54.6 Å². The second kappa shape index (κ2) is 11.8. The van der Waals surface area contributed by atoms with Crippen LogP contribution in [0.4, 0.5) is 0 Å². The van der Waals surface area contributed by atoms with Crippen molar-refractivity contribution in [2.45, 2.75) is 11.6 Å². The van der Waals surface area contributed by atoms with Crippen molar-refractivity contribution in [2.24, 2.45) is 0 Å². The summed E-state index contributed by atoms with van der Waals surface area (Å²) in [5, 5.41) is 16.9. The van der Waals surface area contributed by atoms with Gasteiger partial charge in [-0.3, -0.25) is 0 Å². The topological polar surface area (TPSA) is 55.6 Å². The molecular formula is C19H21Cl2N5S. The van der Waals surface area contributed by atoms with E-state index in [0.717, 1.165) is 46.7 Å². The third-order valence-electron chi connectivity index (χ3n) is 3.61. The molecule has 3 rings (SSSR count). The molecule has 1 heterocycles. The average Bonchev–Trinajstić information content (AvgIpc) is 3.14. The number of thioether (sulfide) groups is 1. The molecule has 0 bridgehead atoms. The Balaban J connectivity index is 0.00000261. The van der Waals surface area contributed by atoms with Gasteiger partial charge in [0.05, 0.1) is 5.69 Å². The number of para-hydroxylation sites is 1. The summed E-state index contributed by atoms with van der Waals surface area (Å²) in [6, 6.07) is 17.7. The first-order chi connectivity index (χ1) is 12.8. The molecule has 1 N–H and O–H groups in total. The second-order valence-electron chi connectivity index (χ2n) is 5.57. The highest BCUT2D eigenvalue weighted by Crippen LogP contribution is 2.18. The zero-order valence-electron chi connectivity index (χ0n) is 14.7. The molecule has 0 fully saturated rings. The Kier molecular flexibility index (Phi) is 9.35. The Bertz CT molecular complexity index is 822. The van der Waals surface area contributed by atoms with Gasteiger partial charge in [0.15, 0.2) is 0 Å². The molecule has 1 aromatic heterocycles. The summed E-state index contributed by atoms with van der Waals surface area (Å²) in [7, 11) is 0. The Morgan fingerprint density at radius 3 is 2.63 bits per heavy atom. The highest BCUT2D eigenvalue weighted by atomic mass is 35.5. The smallest absolute Gasteiger partial charge is 0.214 e. The van der Waals surface area contributed by atoms with E-state index in [-0.39, 0.29) is 12.4 Å². The lowest BCUT2D eigenvalue weighted by Crippen LogP contribution is -2.15. The number of benzene rings is 2. The molecule has 142 valence electrons.